The summed E-state index contributed by atoms with van der Waals surface area (Å²) >= 11 is 5.33. The van der Waals surface area contributed by atoms with Gasteiger partial charge in [-0.3, -0.25) is 4.90 Å². The average Bonchev–Trinajstić information content (AvgIpc) is 2.66. The Bertz CT molecular complexity index is 319. The monoisotopic (exact) mass is 306 g/mol. The number of hydrogen-bond acceptors (Lipinski definition) is 4. The van der Waals surface area contributed by atoms with Gasteiger partial charge in [0.05, 0.1) is 16.8 Å². The summed E-state index contributed by atoms with van der Waals surface area (Å²) in [7, 11) is 2.09. The standard InChI is InChI=1S/C11H19BrN2OS/c1-8(7-16-3)14(2)10(6-13)11-9(12)4-5-15-11/h4-5,8,10H,6-7,13H2,1-3H3. The number of hydrogen-bond donors (Lipinski definition) is 1. The Morgan fingerprint density at radius 3 is 2.75 bits per heavy atom. The summed E-state index contributed by atoms with van der Waals surface area (Å²) in [5, 5.41) is 0. The molecule has 1 aromatic rings. The van der Waals surface area contributed by atoms with Gasteiger partial charge < -0.3 is 10.2 Å². The second kappa shape index (κ2) is 6.69. The number of rotatable bonds is 6. The smallest absolute Gasteiger partial charge is 0.136 e. The summed E-state index contributed by atoms with van der Waals surface area (Å²) in [6.45, 7) is 2.76. The average molecular weight is 307 g/mol. The Morgan fingerprint density at radius 1 is 1.62 bits per heavy atom. The highest BCUT2D eigenvalue weighted by Crippen LogP contribution is 2.28. The molecule has 2 unspecified atom stereocenters. The SMILES string of the molecule is CSCC(C)N(C)C(CN)c1occc1Br. The van der Waals surface area contributed by atoms with Gasteiger partial charge in [0.25, 0.3) is 0 Å². The maximum atomic E-state index is 5.84. The number of nitrogens with zero attached hydrogens (tertiary/aromatic N) is 1. The van der Waals surface area contributed by atoms with Gasteiger partial charge in [-0.2, -0.15) is 11.8 Å². The second-order valence-corrected chi connectivity index (χ2v) is 5.62. The van der Waals surface area contributed by atoms with Crippen molar-refractivity contribution in [3.63, 3.8) is 0 Å². The normalized spacial score (nSPS) is 15.4. The molecule has 0 aliphatic rings. The van der Waals surface area contributed by atoms with Crippen molar-refractivity contribution in [2.24, 2.45) is 5.73 Å². The molecule has 0 aliphatic heterocycles. The van der Waals surface area contributed by atoms with Crippen LogP contribution in [0.25, 0.3) is 0 Å². The molecular weight excluding hydrogens is 288 g/mol. The maximum absolute atomic E-state index is 5.84. The molecule has 16 heavy (non-hydrogen) atoms. The molecule has 0 radical (unpaired) electrons. The van der Waals surface area contributed by atoms with E-state index >= 15 is 0 Å². The van der Waals surface area contributed by atoms with Crippen LogP contribution >= 0.6 is 27.7 Å². The van der Waals surface area contributed by atoms with Crippen LogP contribution in [0.15, 0.2) is 21.2 Å². The molecule has 0 spiro atoms. The molecule has 1 heterocycles. The summed E-state index contributed by atoms with van der Waals surface area (Å²) in [6, 6.07) is 2.51. The first kappa shape index (κ1) is 14.1. The van der Waals surface area contributed by atoms with E-state index in [2.05, 4.69) is 41.1 Å². The van der Waals surface area contributed by atoms with Crippen molar-refractivity contribution < 1.29 is 4.42 Å². The van der Waals surface area contributed by atoms with Crippen LogP contribution in [-0.4, -0.2) is 36.5 Å². The van der Waals surface area contributed by atoms with E-state index in [9.17, 15) is 0 Å². The predicted octanol–water partition coefficient (Wildman–Crippen LogP) is 2.73. The van der Waals surface area contributed by atoms with Crippen molar-refractivity contribution in [1.29, 1.82) is 0 Å². The van der Waals surface area contributed by atoms with Crippen LogP contribution in [0, 0.1) is 0 Å². The third kappa shape index (κ3) is 3.26. The molecule has 5 heteroatoms. The lowest BCUT2D eigenvalue weighted by atomic mass is 10.1. The zero-order chi connectivity index (χ0) is 12.1. The van der Waals surface area contributed by atoms with Gasteiger partial charge in [-0.05, 0) is 42.2 Å². The molecule has 0 saturated carbocycles. The predicted molar refractivity (Wildman–Crippen MR) is 73.8 cm³/mol. The molecule has 0 aromatic carbocycles. The van der Waals surface area contributed by atoms with E-state index in [0.717, 1.165) is 16.0 Å². The first-order chi connectivity index (χ1) is 7.61. The molecule has 1 aromatic heterocycles. The molecule has 2 atom stereocenters. The summed E-state index contributed by atoms with van der Waals surface area (Å²) < 4.78 is 6.48. The zero-order valence-corrected chi connectivity index (χ0v) is 12.3. The highest BCUT2D eigenvalue weighted by Gasteiger charge is 2.24. The van der Waals surface area contributed by atoms with Gasteiger partial charge in [-0.1, -0.05) is 0 Å². The number of likely N-dealkylation sites (N-methyl/N-ethyl adjacent to an activating group) is 1. The number of furan rings is 1. The Hall–Kier alpha value is 0.0300. The van der Waals surface area contributed by atoms with Crippen molar-refractivity contribution in [3.05, 3.63) is 22.6 Å². The summed E-state index contributed by atoms with van der Waals surface area (Å²) in [5.74, 6) is 2.00. The van der Waals surface area contributed by atoms with Crippen molar-refractivity contribution in [2.45, 2.75) is 19.0 Å². The highest BCUT2D eigenvalue weighted by molar-refractivity contribution is 9.10. The van der Waals surface area contributed by atoms with Crippen LogP contribution in [0.4, 0.5) is 0 Å². The van der Waals surface area contributed by atoms with E-state index in [1.54, 1.807) is 6.26 Å². The maximum Gasteiger partial charge on any atom is 0.136 e. The molecule has 2 N–H and O–H groups in total. The van der Waals surface area contributed by atoms with Gasteiger partial charge in [0.1, 0.15) is 5.76 Å². The fourth-order valence-corrected chi connectivity index (χ4v) is 2.85. The first-order valence-electron chi connectivity index (χ1n) is 5.25. The van der Waals surface area contributed by atoms with Crippen LogP contribution in [0.1, 0.15) is 18.7 Å². The largest absolute Gasteiger partial charge is 0.466 e. The molecule has 0 aliphatic carbocycles. The Balaban J connectivity index is 2.78. The van der Waals surface area contributed by atoms with Gasteiger partial charge in [-0.15, -0.1) is 0 Å². The minimum absolute atomic E-state index is 0.131. The Kier molecular flexibility index (Phi) is 5.89. The fourth-order valence-electron chi connectivity index (χ4n) is 1.67. The second-order valence-electron chi connectivity index (χ2n) is 3.85. The minimum Gasteiger partial charge on any atom is -0.466 e. The molecule has 0 fully saturated rings. The van der Waals surface area contributed by atoms with Gasteiger partial charge in [0.2, 0.25) is 0 Å². The lowest BCUT2D eigenvalue weighted by Gasteiger charge is -2.31. The van der Waals surface area contributed by atoms with Crippen molar-refractivity contribution in [2.75, 3.05) is 25.6 Å². The van der Waals surface area contributed by atoms with E-state index in [0.29, 0.717) is 12.6 Å². The van der Waals surface area contributed by atoms with Crippen LogP contribution in [0.5, 0.6) is 0 Å². The van der Waals surface area contributed by atoms with Crippen molar-refractivity contribution >= 4 is 27.7 Å². The van der Waals surface area contributed by atoms with Gasteiger partial charge in [0, 0.05) is 18.3 Å². The minimum atomic E-state index is 0.131. The van der Waals surface area contributed by atoms with E-state index in [1.165, 1.54) is 0 Å². The topological polar surface area (TPSA) is 42.4 Å². The zero-order valence-electron chi connectivity index (χ0n) is 9.94. The van der Waals surface area contributed by atoms with Crippen LogP contribution in [0.3, 0.4) is 0 Å². The summed E-state index contributed by atoms with van der Waals surface area (Å²) in [5.41, 5.74) is 5.84. The number of thioether (sulfide) groups is 1. The van der Waals surface area contributed by atoms with Gasteiger partial charge >= 0.3 is 0 Å². The molecule has 0 saturated heterocycles. The molecule has 0 amide bonds. The summed E-state index contributed by atoms with van der Waals surface area (Å²) in [4.78, 5) is 2.26. The number of nitrogens with two attached hydrogens (primary N) is 1. The molecule has 0 bridgehead atoms. The van der Waals surface area contributed by atoms with E-state index in [1.807, 2.05) is 17.8 Å². The number of halogens is 1. The third-order valence-electron chi connectivity index (χ3n) is 2.77. The highest BCUT2D eigenvalue weighted by atomic mass is 79.9. The van der Waals surface area contributed by atoms with Gasteiger partial charge in [0.15, 0.2) is 0 Å². The van der Waals surface area contributed by atoms with Crippen molar-refractivity contribution in [3.8, 4) is 0 Å². The lowest BCUT2D eigenvalue weighted by Crippen LogP contribution is -2.38. The van der Waals surface area contributed by atoms with E-state index < -0.39 is 0 Å². The molecule has 1 rings (SSSR count). The lowest BCUT2D eigenvalue weighted by molar-refractivity contribution is 0.180. The van der Waals surface area contributed by atoms with Crippen molar-refractivity contribution in [1.82, 2.24) is 4.90 Å². The van der Waals surface area contributed by atoms with Crippen LogP contribution in [-0.2, 0) is 0 Å². The van der Waals surface area contributed by atoms with Crippen LogP contribution < -0.4 is 5.73 Å². The van der Waals surface area contributed by atoms with E-state index in [-0.39, 0.29) is 6.04 Å². The van der Waals surface area contributed by atoms with E-state index in [4.69, 9.17) is 10.2 Å². The fraction of sp³-hybridized carbons (Fsp3) is 0.636. The third-order valence-corrected chi connectivity index (χ3v) is 4.24. The summed E-state index contributed by atoms with van der Waals surface area (Å²) in [6.07, 6.45) is 3.81. The molecule has 3 nitrogen and oxygen atoms in total. The Morgan fingerprint density at radius 2 is 2.31 bits per heavy atom. The Labute approximate surface area is 110 Å². The molecule has 92 valence electrons. The van der Waals surface area contributed by atoms with Gasteiger partial charge in [-0.25, -0.2) is 0 Å². The first-order valence-corrected chi connectivity index (χ1v) is 7.44. The van der Waals surface area contributed by atoms with Crippen LogP contribution in [0.2, 0.25) is 0 Å². The molecular formula is C11H19BrN2OS. The quantitative estimate of drug-likeness (QED) is 0.877.